The number of aryl methyl sites for hydroxylation is 1. The third-order valence-corrected chi connectivity index (χ3v) is 9.67. The summed E-state index contributed by atoms with van der Waals surface area (Å²) in [4.78, 5) is 29.7. The number of nitrogens with zero attached hydrogens (tertiary/aromatic N) is 1. The first-order chi connectivity index (χ1) is 21.4. The first-order valence-electron chi connectivity index (χ1n) is 15.8. The summed E-state index contributed by atoms with van der Waals surface area (Å²) in [5.74, 6) is 1.41. The van der Waals surface area contributed by atoms with Gasteiger partial charge >= 0.3 is 5.97 Å². The second-order valence-electron chi connectivity index (χ2n) is 13.5. The maximum atomic E-state index is 14.1. The van der Waals surface area contributed by atoms with Crippen molar-refractivity contribution in [2.75, 3.05) is 27.0 Å². The monoisotopic (exact) mass is 624 g/mol. The van der Waals surface area contributed by atoms with E-state index in [0.717, 1.165) is 43.5 Å². The Morgan fingerprint density at radius 2 is 1.91 bits per heavy atom. The predicted molar refractivity (Wildman–Crippen MR) is 163 cm³/mol. The quantitative estimate of drug-likeness (QED) is 0.318. The number of esters is 1. The normalized spacial score (nSPS) is 25.0. The Bertz CT molecular complexity index is 1480. The molecule has 0 saturated carbocycles. The molecule has 1 aromatic heterocycles. The number of hydrogen-bond acceptors (Lipinski definition) is 10. The number of amides is 1. The first kappa shape index (κ1) is 31.4. The van der Waals surface area contributed by atoms with Crippen LogP contribution in [0.3, 0.4) is 0 Å². The van der Waals surface area contributed by atoms with Crippen LogP contribution in [0, 0.1) is 6.92 Å². The number of ether oxygens (including phenoxy) is 4. The van der Waals surface area contributed by atoms with Gasteiger partial charge in [-0.15, -0.1) is 0 Å². The third-order valence-electron chi connectivity index (χ3n) is 9.67. The van der Waals surface area contributed by atoms with Crippen molar-refractivity contribution in [1.29, 1.82) is 0 Å². The van der Waals surface area contributed by atoms with E-state index in [9.17, 15) is 19.8 Å². The lowest BCUT2D eigenvalue weighted by Gasteiger charge is -2.39. The summed E-state index contributed by atoms with van der Waals surface area (Å²) in [5.41, 5.74) is -1.48. The number of methoxy groups -OCH3 is 1. The summed E-state index contributed by atoms with van der Waals surface area (Å²) in [5, 5.41) is 24.9. The van der Waals surface area contributed by atoms with Crippen molar-refractivity contribution in [3.05, 3.63) is 58.7 Å². The van der Waals surface area contributed by atoms with Crippen molar-refractivity contribution >= 4 is 11.9 Å². The van der Waals surface area contributed by atoms with Gasteiger partial charge in [0.25, 0.3) is 0 Å². The molecule has 1 saturated heterocycles. The van der Waals surface area contributed by atoms with Crippen molar-refractivity contribution in [3.8, 4) is 11.5 Å². The average molecular weight is 625 g/mol. The fourth-order valence-electron chi connectivity index (χ4n) is 7.49. The molecule has 0 bridgehead atoms. The number of aliphatic hydroxyl groups is 2. The van der Waals surface area contributed by atoms with Crippen molar-refractivity contribution in [1.82, 2.24) is 10.2 Å². The third kappa shape index (κ3) is 6.17. The van der Waals surface area contributed by atoms with Crippen LogP contribution in [0.5, 0.6) is 11.5 Å². The van der Waals surface area contributed by atoms with Crippen LogP contribution in [0.4, 0.5) is 0 Å². The molecule has 0 radical (unpaired) electrons. The second kappa shape index (κ2) is 12.0. The van der Waals surface area contributed by atoms with Crippen molar-refractivity contribution in [3.63, 3.8) is 0 Å². The summed E-state index contributed by atoms with van der Waals surface area (Å²) in [7, 11) is 1.56. The van der Waals surface area contributed by atoms with Gasteiger partial charge in [0.1, 0.15) is 17.3 Å². The zero-order chi connectivity index (χ0) is 32.0. The van der Waals surface area contributed by atoms with Crippen LogP contribution in [-0.2, 0) is 32.0 Å². The van der Waals surface area contributed by atoms with Crippen LogP contribution < -0.4 is 14.8 Å². The highest BCUT2D eigenvalue weighted by atomic mass is 16.7. The molecule has 3 aliphatic heterocycles. The molecule has 244 valence electrons. The molecule has 4 atom stereocenters. The molecule has 1 spiro atoms. The highest BCUT2D eigenvalue weighted by Gasteiger charge is 2.59. The van der Waals surface area contributed by atoms with E-state index in [1.165, 1.54) is 0 Å². The molecular formula is C34H44N2O9. The lowest BCUT2D eigenvalue weighted by Crippen LogP contribution is -2.50. The Kier molecular flexibility index (Phi) is 8.38. The molecule has 1 amide bonds. The molecule has 1 aromatic carbocycles. The van der Waals surface area contributed by atoms with Crippen LogP contribution >= 0.6 is 0 Å². The first-order valence-corrected chi connectivity index (χ1v) is 15.8. The van der Waals surface area contributed by atoms with E-state index in [0.29, 0.717) is 41.6 Å². The minimum absolute atomic E-state index is 0.0704. The molecule has 0 unspecified atom stereocenters. The molecule has 4 heterocycles. The molecule has 6 rings (SSSR count). The predicted octanol–water partition coefficient (Wildman–Crippen LogP) is 3.63. The summed E-state index contributed by atoms with van der Waals surface area (Å²) in [6.45, 7) is 7.14. The minimum atomic E-state index is -2.14. The number of carbonyl (C=O) groups excluding carboxylic acids is 2. The summed E-state index contributed by atoms with van der Waals surface area (Å²) < 4.78 is 29.1. The molecule has 4 aliphatic rings. The largest absolute Gasteiger partial charge is 0.497 e. The van der Waals surface area contributed by atoms with Crippen molar-refractivity contribution < 1.29 is 43.2 Å². The lowest BCUT2D eigenvalue weighted by molar-refractivity contribution is -0.176. The summed E-state index contributed by atoms with van der Waals surface area (Å²) in [6.07, 6.45) is 3.94. The van der Waals surface area contributed by atoms with E-state index in [4.69, 9.17) is 23.4 Å². The van der Waals surface area contributed by atoms with Crippen LogP contribution in [-0.4, -0.2) is 76.8 Å². The second-order valence-corrected chi connectivity index (χ2v) is 13.5. The topological polar surface area (TPSA) is 140 Å². The Morgan fingerprint density at radius 1 is 1.13 bits per heavy atom. The van der Waals surface area contributed by atoms with E-state index >= 15 is 0 Å². The van der Waals surface area contributed by atoms with Gasteiger partial charge in [-0.1, -0.05) is 0 Å². The van der Waals surface area contributed by atoms with Gasteiger partial charge in [-0.3, -0.25) is 9.69 Å². The Morgan fingerprint density at radius 3 is 2.62 bits per heavy atom. The summed E-state index contributed by atoms with van der Waals surface area (Å²) in [6, 6.07) is 7.58. The number of rotatable bonds is 11. The van der Waals surface area contributed by atoms with E-state index in [1.807, 2.05) is 19.1 Å². The molecule has 45 heavy (non-hydrogen) atoms. The molecule has 11 heteroatoms. The smallest absolute Gasteiger partial charge is 0.339 e. The van der Waals surface area contributed by atoms with Gasteiger partial charge in [0.2, 0.25) is 12.7 Å². The Balaban J connectivity index is 1.29. The maximum absolute atomic E-state index is 14.1. The Labute approximate surface area is 263 Å². The van der Waals surface area contributed by atoms with Crippen molar-refractivity contribution in [2.45, 2.75) is 101 Å². The molecule has 3 N–H and O–H groups in total. The Hall–Kier alpha value is -3.54. The fraction of sp³-hybridized carbons (Fsp3) is 0.588. The van der Waals surface area contributed by atoms with Gasteiger partial charge in [-0.2, -0.15) is 0 Å². The molecule has 2 aromatic rings. The van der Waals surface area contributed by atoms with Crippen LogP contribution in [0.25, 0.3) is 0 Å². The highest BCUT2D eigenvalue weighted by molar-refractivity contribution is 5.88. The van der Waals surface area contributed by atoms with Gasteiger partial charge in [-0.25, -0.2) is 4.79 Å². The van der Waals surface area contributed by atoms with Crippen LogP contribution in [0.2, 0.25) is 0 Å². The zero-order valence-electron chi connectivity index (χ0n) is 26.5. The van der Waals surface area contributed by atoms with E-state index in [-0.39, 0.29) is 25.7 Å². The summed E-state index contributed by atoms with van der Waals surface area (Å²) >= 11 is 0. The number of benzene rings is 1. The van der Waals surface area contributed by atoms with Gasteiger partial charge in [0.15, 0.2) is 23.2 Å². The highest BCUT2D eigenvalue weighted by Crippen LogP contribution is 2.55. The SMILES string of the molecule is COC1=C[C@]23CCCN2CCc2cc4c(cc2[C@@H]3[C@@H]1OC(=O)[C@@](O)(CCCC(C)(C)O)CC(=O)NCc1ccc(C)o1)OCO4. The number of fused-ring (bicyclic) bond motifs is 3. The fourth-order valence-corrected chi connectivity index (χ4v) is 7.49. The van der Waals surface area contributed by atoms with E-state index in [1.54, 1.807) is 33.1 Å². The molecule has 11 nitrogen and oxygen atoms in total. The molecule has 1 aliphatic carbocycles. The van der Waals surface area contributed by atoms with E-state index < -0.39 is 41.1 Å². The van der Waals surface area contributed by atoms with Crippen molar-refractivity contribution in [2.24, 2.45) is 0 Å². The zero-order valence-corrected chi connectivity index (χ0v) is 26.5. The van der Waals surface area contributed by atoms with Gasteiger partial charge in [0, 0.05) is 6.54 Å². The van der Waals surface area contributed by atoms with E-state index in [2.05, 4.69) is 16.3 Å². The number of furan rings is 1. The number of carbonyl (C=O) groups is 2. The van der Waals surface area contributed by atoms with Crippen LogP contribution in [0.15, 0.2) is 40.5 Å². The lowest BCUT2D eigenvalue weighted by atomic mass is 9.77. The standard InChI is InChI=1S/C34H44N2O9/c1-21-7-8-23(44-21)19-35-28(37)18-34(40,12-5-10-32(2,3)39)31(38)45-30-27(41-4)17-33-11-6-13-36(33)14-9-22-15-25-26(43-20-42-25)16-24(22)29(30)33/h7-8,15-17,29-30,39-40H,5-6,9-14,18-20H2,1-4H3,(H,35,37)/t29-,30-,33+,34-/m1/s1. The maximum Gasteiger partial charge on any atom is 0.339 e. The molecular weight excluding hydrogens is 580 g/mol. The molecule has 1 fully saturated rings. The van der Waals surface area contributed by atoms with Gasteiger partial charge < -0.3 is 38.9 Å². The average Bonchev–Trinajstić information content (AvgIpc) is 3.75. The van der Waals surface area contributed by atoms with Gasteiger partial charge in [0.05, 0.1) is 37.1 Å². The number of hydrogen-bond donors (Lipinski definition) is 3. The minimum Gasteiger partial charge on any atom is -0.497 e. The number of nitrogens with one attached hydrogen (secondary N) is 1. The van der Waals surface area contributed by atoms with Gasteiger partial charge in [-0.05, 0) is 107 Å². The van der Waals surface area contributed by atoms with Crippen LogP contribution in [0.1, 0.15) is 80.9 Å².